The maximum absolute atomic E-state index is 5.69. The van der Waals surface area contributed by atoms with Crippen molar-refractivity contribution in [3.8, 4) is 5.75 Å². The third-order valence-corrected chi connectivity index (χ3v) is 3.99. The van der Waals surface area contributed by atoms with Gasteiger partial charge in [-0.3, -0.25) is 0 Å². The Labute approximate surface area is 131 Å². The van der Waals surface area contributed by atoms with Crippen LogP contribution in [0.5, 0.6) is 5.75 Å². The van der Waals surface area contributed by atoms with Crippen LogP contribution in [0.2, 0.25) is 0 Å². The van der Waals surface area contributed by atoms with Crippen molar-refractivity contribution in [1.82, 2.24) is 10.3 Å². The van der Waals surface area contributed by atoms with E-state index in [1.165, 1.54) is 5.56 Å². The lowest BCUT2D eigenvalue weighted by atomic mass is 10.2. The second kappa shape index (κ2) is 7.57. The first-order chi connectivity index (χ1) is 10.0. The maximum atomic E-state index is 5.69. The zero-order valence-electron chi connectivity index (χ0n) is 13.2. The molecule has 114 valence electrons. The number of hydrogen-bond donors (Lipinski definition) is 1. The number of aromatic nitrogens is 1. The van der Waals surface area contributed by atoms with Gasteiger partial charge in [-0.25, -0.2) is 4.98 Å². The summed E-state index contributed by atoms with van der Waals surface area (Å²) >= 11 is 1.70. The molecule has 0 saturated carbocycles. The van der Waals surface area contributed by atoms with Gasteiger partial charge >= 0.3 is 0 Å². The van der Waals surface area contributed by atoms with Crippen LogP contribution in [-0.4, -0.2) is 11.6 Å². The van der Waals surface area contributed by atoms with E-state index < -0.39 is 0 Å². The molecule has 0 radical (unpaired) electrons. The second-order valence-electron chi connectivity index (χ2n) is 5.74. The topological polar surface area (TPSA) is 34.2 Å². The minimum Gasteiger partial charge on any atom is -0.493 e. The molecular formula is C17H24N2OS. The zero-order valence-corrected chi connectivity index (χ0v) is 14.0. The van der Waals surface area contributed by atoms with E-state index in [2.05, 4.69) is 48.6 Å². The molecular weight excluding hydrogens is 280 g/mol. The van der Waals surface area contributed by atoms with Crippen LogP contribution in [0.3, 0.4) is 0 Å². The Hall–Kier alpha value is -1.39. The van der Waals surface area contributed by atoms with Gasteiger partial charge in [0.15, 0.2) is 0 Å². The Balaban J connectivity index is 1.83. The number of rotatable bonds is 7. The number of hydrogen-bond acceptors (Lipinski definition) is 4. The van der Waals surface area contributed by atoms with Crippen LogP contribution in [0.15, 0.2) is 29.6 Å². The molecule has 0 fully saturated rings. The van der Waals surface area contributed by atoms with Crippen molar-refractivity contribution in [3.05, 3.63) is 45.9 Å². The summed E-state index contributed by atoms with van der Waals surface area (Å²) < 4.78 is 5.69. The first-order valence-electron chi connectivity index (χ1n) is 7.41. The number of aryl methyl sites for hydroxylation is 1. The fraction of sp³-hybridized carbons (Fsp3) is 0.471. The second-order valence-corrected chi connectivity index (χ2v) is 6.81. The van der Waals surface area contributed by atoms with Gasteiger partial charge < -0.3 is 10.1 Å². The van der Waals surface area contributed by atoms with Crippen LogP contribution in [0.1, 0.15) is 43.1 Å². The average Bonchev–Trinajstić information content (AvgIpc) is 2.90. The van der Waals surface area contributed by atoms with E-state index in [1.54, 1.807) is 11.3 Å². The van der Waals surface area contributed by atoms with E-state index in [0.717, 1.165) is 29.6 Å². The number of benzene rings is 1. The van der Waals surface area contributed by atoms with Crippen molar-refractivity contribution < 1.29 is 4.74 Å². The lowest BCUT2D eigenvalue weighted by Crippen LogP contribution is -2.18. The summed E-state index contributed by atoms with van der Waals surface area (Å²) in [4.78, 5) is 4.51. The molecule has 1 atom stereocenters. The molecule has 0 bridgehead atoms. The van der Waals surface area contributed by atoms with Crippen LogP contribution in [0.25, 0.3) is 0 Å². The Kier molecular flexibility index (Phi) is 5.76. The van der Waals surface area contributed by atoms with Crippen LogP contribution in [0.4, 0.5) is 0 Å². The molecule has 0 amide bonds. The van der Waals surface area contributed by atoms with E-state index in [4.69, 9.17) is 4.74 Å². The Morgan fingerprint density at radius 3 is 2.48 bits per heavy atom. The zero-order chi connectivity index (χ0) is 15.2. The SMILES string of the molecule is Cc1nc([C@H](C)NCc2ccc(OCC(C)C)cc2)cs1. The Bertz CT molecular complexity index is 548. The van der Waals surface area contributed by atoms with E-state index in [9.17, 15) is 0 Å². The third-order valence-electron chi connectivity index (χ3n) is 3.20. The molecule has 0 saturated heterocycles. The molecule has 0 unspecified atom stereocenters. The molecule has 4 heteroatoms. The molecule has 1 aromatic carbocycles. The summed E-state index contributed by atoms with van der Waals surface area (Å²) in [5.41, 5.74) is 2.38. The molecule has 3 nitrogen and oxygen atoms in total. The summed E-state index contributed by atoms with van der Waals surface area (Å²) in [6, 6.07) is 8.57. The smallest absolute Gasteiger partial charge is 0.119 e. The maximum Gasteiger partial charge on any atom is 0.119 e. The fourth-order valence-corrected chi connectivity index (χ4v) is 2.63. The van der Waals surface area contributed by atoms with Crippen molar-refractivity contribution in [2.75, 3.05) is 6.61 Å². The van der Waals surface area contributed by atoms with E-state index in [1.807, 2.05) is 19.1 Å². The summed E-state index contributed by atoms with van der Waals surface area (Å²) in [6.45, 7) is 10.1. The number of thiazole rings is 1. The number of nitrogens with one attached hydrogen (secondary N) is 1. The molecule has 0 aliphatic carbocycles. The highest BCUT2D eigenvalue weighted by Crippen LogP contribution is 2.17. The van der Waals surface area contributed by atoms with Gasteiger partial charge in [0, 0.05) is 18.0 Å². The molecule has 1 N–H and O–H groups in total. The van der Waals surface area contributed by atoms with Gasteiger partial charge in [-0.05, 0) is 37.5 Å². The standard InChI is InChI=1S/C17H24N2OS/c1-12(2)10-20-16-7-5-15(6-8-16)9-18-13(3)17-11-21-14(4)19-17/h5-8,11-13,18H,9-10H2,1-4H3/t13-/m0/s1. The average molecular weight is 304 g/mol. The highest BCUT2D eigenvalue weighted by Gasteiger charge is 2.08. The predicted octanol–water partition coefficient (Wildman–Crippen LogP) is 4.34. The Morgan fingerprint density at radius 2 is 1.90 bits per heavy atom. The summed E-state index contributed by atoms with van der Waals surface area (Å²) in [5.74, 6) is 1.49. The van der Waals surface area contributed by atoms with E-state index in [-0.39, 0.29) is 6.04 Å². The molecule has 1 aromatic heterocycles. The van der Waals surface area contributed by atoms with Gasteiger partial charge in [0.05, 0.1) is 17.3 Å². The minimum absolute atomic E-state index is 0.270. The summed E-state index contributed by atoms with van der Waals surface area (Å²) in [5, 5.41) is 6.74. The van der Waals surface area contributed by atoms with Crippen molar-refractivity contribution in [1.29, 1.82) is 0 Å². The molecule has 2 rings (SSSR count). The molecule has 0 aliphatic rings. The first-order valence-corrected chi connectivity index (χ1v) is 8.29. The van der Waals surface area contributed by atoms with Crippen LogP contribution in [0, 0.1) is 12.8 Å². The third kappa shape index (κ3) is 5.14. The number of nitrogens with zero attached hydrogens (tertiary/aromatic N) is 1. The lowest BCUT2D eigenvalue weighted by Gasteiger charge is -2.12. The normalized spacial score (nSPS) is 12.6. The lowest BCUT2D eigenvalue weighted by molar-refractivity contribution is 0.271. The molecule has 21 heavy (non-hydrogen) atoms. The highest BCUT2D eigenvalue weighted by molar-refractivity contribution is 7.09. The monoisotopic (exact) mass is 304 g/mol. The predicted molar refractivity (Wildman–Crippen MR) is 88.9 cm³/mol. The quantitative estimate of drug-likeness (QED) is 0.826. The molecule has 0 aliphatic heterocycles. The van der Waals surface area contributed by atoms with Gasteiger partial charge in [-0.15, -0.1) is 11.3 Å². The fourth-order valence-electron chi connectivity index (χ4n) is 1.92. The van der Waals surface area contributed by atoms with Gasteiger partial charge in [0.1, 0.15) is 5.75 Å². The highest BCUT2D eigenvalue weighted by atomic mass is 32.1. The van der Waals surface area contributed by atoms with E-state index >= 15 is 0 Å². The summed E-state index contributed by atoms with van der Waals surface area (Å²) in [6.07, 6.45) is 0. The van der Waals surface area contributed by atoms with Gasteiger partial charge in [-0.1, -0.05) is 26.0 Å². The molecule has 0 spiro atoms. The van der Waals surface area contributed by atoms with Gasteiger partial charge in [0.2, 0.25) is 0 Å². The van der Waals surface area contributed by atoms with Crippen molar-refractivity contribution in [2.24, 2.45) is 5.92 Å². The minimum atomic E-state index is 0.270. The van der Waals surface area contributed by atoms with Gasteiger partial charge in [0.25, 0.3) is 0 Å². The first kappa shape index (κ1) is 16.0. The van der Waals surface area contributed by atoms with Crippen LogP contribution >= 0.6 is 11.3 Å². The molecule has 2 aromatic rings. The van der Waals surface area contributed by atoms with Crippen molar-refractivity contribution in [2.45, 2.75) is 40.3 Å². The summed E-state index contributed by atoms with van der Waals surface area (Å²) in [7, 11) is 0. The van der Waals surface area contributed by atoms with Crippen molar-refractivity contribution >= 4 is 11.3 Å². The number of ether oxygens (including phenoxy) is 1. The largest absolute Gasteiger partial charge is 0.493 e. The Morgan fingerprint density at radius 1 is 1.19 bits per heavy atom. The van der Waals surface area contributed by atoms with Crippen LogP contribution < -0.4 is 10.1 Å². The van der Waals surface area contributed by atoms with Crippen molar-refractivity contribution in [3.63, 3.8) is 0 Å². The van der Waals surface area contributed by atoms with Gasteiger partial charge in [-0.2, -0.15) is 0 Å². The molecule has 1 heterocycles. The van der Waals surface area contributed by atoms with Crippen LogP contribution in [-0.2, 0) is 6.54 Å². The van der Waals surface area contributed by atoms with E-state index in [0.29, 0.717) is 5.92 Å².